The molecule has 3 nitrogen and oxygen atoms in total. The first-order valence-corrected chi connectivity index (χ1v) is 7.28. The van der Waals surface area contributed by atoms with Gasteiger partial charge in [-0.25, -0.2) is 8.42 Å². The van der Waals surface area contributed by atoms with Crippen LogP contribution in [0.1, 0.15) is 32.3 Å². The van der Waals surface area contributed by atoms with E-state index in [1.54, 1.807) is 32.0 Å². The van der Waals surface area contributed by atoms with Crippen LogP contribution in [0.5, 0.6) is 0 Å². The number of sulfone groups is 1. The van der Waals surface area contributed by atoms with E-state index in [2.05, 4.69) is 0 Å². The Morgan fingerprint density at radius 2 is 1.94 bits per heavy atom. The van der Waals surface area contributed by atoms with Gasteiger partial charge < -0.3 is 4.79 Å². The molecule has 0 unspecified atom stereocenters. The highest BCUT2D eigenvalue weighted by atomic mass is 32.2. The average Bonchev–Trinajstić information content (AvgIpc) is 3.10. The van der Waals surface area contributed by atoms with E-state index in [1.807, 2.05) is 6.07 Å². The summed E-state index contributed by atoms with van der Waals surface area (Å²) in [5.74, 6) is 0. The van der Waals surface area contributed by atoms with Crippen molar-refractivity contribution in [3.05, 3.63) is 29.8 Å². The van der Waals surface area contributed by atoms with Crippen molar-refractivity contribution in [2.24, 2.45) is 0 Å². The smallest absolute Gasteiger partial charge is 0.180 e. The van der Waals surface area contributed by atoms with E-state index in [-0.39, 0.29) is 0 Å². The molecule has 0 aliphatic heterocycles. The molecule has 92 valence electrons. The van der Waals surface area contributed by atoms with Gasteiger partial charge >= 0.3 is 0 Å². The first-order chi connectivity index (χ1) is 7.92. The topological polar surface area (TPSA) is 51.2 Å². The van der Waals surface area contributed by atoms with E-state index >= 15 is 0 Å². The number of carbonyl (C=O) groups excluding carboxylic acids is 1. The zero-order valence-electron chi connectivity index (χ0n) is 10.0. The maximum atomic E-state index is 12.0. The molecule has 4 heteroatoms. The van der Waals surface area contributed by atoms with E-state index in [0.717, 1.165) is 24.7 Å². The van der Waals surface area contributed by atoms with Gasteiger partial charge in [0.05, 0.1) is 15.6 Å². The molecule has 1 aromatic rings. The SMILES string of the molecule is CC(C)S(=O)(=O)c1cccc(C2(C=O)CC2)c1. The lowest BCUT2D eigenvalue weighted by Crippen LogP contribution is -2.15. The Labute approximate surface area is 102 Å². The van der Waals surface area contributed by atoms with Gasteiger partial charge in [-0.15, -0.1) is 0 Å². The molecule has 1 aliphatic carbocycles. The van der Waals surface area contributed by atoms with Crippen LogP contribution >= 0.6 is 0 Å². The van der Waals surface area contributed by atoms with Gasteiger partial charge in [-0.2, -0.15) is 0 Å². The zero-order chi connectivity index (χ0) is 12.7. The van der Waals surface area contributed by atoms with Crippen LogP contribution in [0.15, 0.2) is 29.2 Å². The summed E-state index contributed by atoms with van der Waals surface area (Å²) < 4.78 is 24.1. The highest BCUT2D eigenvalue weighted by molar-refractivity contribution is 7.92. The van der Waals surface area contributed by atoms with Gasteiger partial charge in [0.25, 0.3) is 0 Å². The largest absolute Gasteiger partial charge is 0.302 e. The van der Waals surface area contributed by atoms with Gasteiger partial charge in [-0.1, -0.05) is 12.1 Å². The minimum absolute atomic E-state index is 0.318. The number of carbonyl (C=O) groups is 1. The zero-order valence-corrected chi connectivity index (χ0v) is 10.8. The molecule has 17 heavy (non-hydrogen) atoms. The van der Waals surface area contributed by atoms with Crippen LogP contribution < -0.4 is 0 Å². The Kier molecular flexibility index (Phi) is 2.86. The second kappa shape index (κ2) is 3.95. The normalized spacial score (nSPS) is 18.1. The summed E-state index contributed by atoms with van der Waals surface area (Å²) in [6, 6.07) is 6.80. The lowest BCUT2D eigenvalue weighted by molar-refractivity contribution is -0.109. The van der Waals surface area contributed by atoms with Gasteiger partial charge in [0.2, 0.25) is 0 Å². The number of rotatable bonds is 4. The second-order valence-electron chi connectivity index (χ2n) is 4.90. The number of benzene rings is 1. The molecule has 0 saturated heterocycles. The van der Waals surface area contributed by atoms with Gasteiger partial charge in [0, 0.05) is 0 Å². The Bertz CT molecular complexity index is 540. The van der Waals surface area contributed by atoms with Crippen molar-refractivity contribution in [2.75, 3.05) is 0 Å². The number of aldehydes is 1. The van der Waals surface area contributed by atoms with Gasteiger partial charge in [0.1, 0.15) is 6.29 Å². The summed E-state index contributed by atoms with van der Waals surface area (Å²) in [6.45, 7) is 3.32. The Morgan fingerprint density at radius 1 is 1.29 bits per heavy atom. The Morgan fingerprint density at radius 3 is 2.41 bits per heavy atom. The molecule has 1 aromatic carbocycles. The molecule has 0 atom stereocenters. The monoisotopic (exact) mass is 252 g/mol. The third kappa shape index (κ3) is 2.02. The third-order valence-electron chi connectivity index (χ3n) is 3.37. The van der Waals surface area contributed by atoms with Crippen molar-refractivity contribution in [1.29, 1.82) is 0 Å². The molecular weight excluding hydrogens is 236 g/mol. The third-order valence-corrected chi connectivity index (χ3v) is 5.52. The van der Waals surface area contributed by atoms with Crippen LogP contribution in [0.3, 0.4) is 0 Å². The van der Waals surface area contributed by atoms with Gasteiger partial charge in [0.15, 0.2) is 9.84 Å². The second-order valence-corrected chi connectivity index (χ2v) is 7.40. The van der Waals surface area contributed by atoms with Crippen molar-refractivity contribution in [2.45, 2.75) is 42.2 Å². The number of hydrogen-bond donors (Lipinski definition) is 0. The van der Waals surface area contributed by atoms with Gasteiger partial charge in [-0.3, -0.25) is 0 Å². The van der Waals surface area contributed by atoms with Crippen molar-refractivity contribution in [1.82, 2.24) is 0 Å². The first-order valence-electron chi connectivity index (χ1n) is 5.73. The van der Waals surface area contributed by atoms with E-state index in [0.29, 0.717) is 4.90 Å². The van der Waals surface area contributed by atoms with Crippen molar-refractivity contribution in [3.63, 3.8) is 0 Å². The van der Waals surface area contributed by atoms with Crippen molar-refractivity contribution < 1.29 is 13.2 Å². The lowest BCUT2D eigenvalue weighted by Gasteiger charge is -2.12. The standard InChI is InChI=1S/C13H16O3S/c1-10(2)17(15,16)12-5-3-4-11(8-12)13(9-14)6-7-13/h3-5,8-10H,6-7H2,1-2H3. The summed E-state index contributed by atoms with van der Waals surface area (Å²) in [7, 11) is -3.26. The summed E-state index contributed by atoms with van der Waals surface area (Å²) in [4.78, 5) is 11.4. The molecule has 0 heterocycles. The molecule has 0 bridgehead atoms. The minimum Gasteiger partial charge on any atom is -0.302 e. The quantitative estimate of drug-likeness (QED) is 0.771. The minimum atomic E-state index is -3.26. The van der Waals surface area contributed by atoms with Crippen molar-refractivity contribution >= 4 is 16.1 Å². The summed E-state index contributed by atoms with van der Waals surface area (Å²) in [6.07, 6.45) is 2.58. The van der Waals surface area contributed by atoms with Crippen LogP contribution in [-0.2, 0) is 20.0 Å². The maximum Gasteiger partial charge on any atom is 0.180 e. The highest BCUT2D eigenvalue weighted by Crippen LogP contribution is 2.46. The highest BCUT2D eigenvalue weighted by Gasteiger charge is 2.44. The van der Waals surface area contributed by atoms with E-state index < -0.39 is 20.5 Å². The fourth-order valence-electron chi connectivity index (χ4n) is 1.86. The predicted molar refractivity (Wildman–Crippen MR) is 65.7 cm³/mol. The molecule has 1 fully saturated rings. The fourth-order valence-corrected chi connectivity index (χ4v) is 2.97. The van der Waals surface area contributed by atoms with Crippen LogP contribution in [0.25, 0.3) is 0 Å². The van der Waals surface area contributed by atoms with Crippen molar-refractivity contribution in [3.8, 4) is 0 Å². The Balaban J connectivity index is 2.46. The molecule has 0 N–H and O–H groups in total. The molecule has 0 radical (unpaired) electrons. The molecule has 0 spiro atoms. The molecule has 1 saturated carbocycles. The number of hydrogen-bond acceptors (Lipinski definition) is 3. The lowest BCUT2D eigenvalue weighted by atomic mass is 9.98. The summed E-state index contributed by atoms with van der Waals surface area (Å²) in [5.41, 5.74) is 0.414. The van der Waals surface area contributed by atoms with Gasteiger partial charge in [-0.05, 0) is 44.4 Å². The van der Waals surface area contributed by atoms with E-state index in [4.69, 9.17) is 0 Å². The molecule has 0 amide bonds. The maximum absolute atomic E-state index is 12.0. The fraction of sp³-hybridized carbons (Fsp3) is 0.462. The van der Waals surface area contributed by atoms with Crippen LogP contribution in [0.2, 0.25) is 0 Å². The Hall–Kier alpha value is -1.16. The predicted octanol–water partition coefficient (Wildman–Crippen LogP) is 2.10. The first kappa shape index (κ1) is 12.3. The van der Waals surface area contributed by atoms with E-state index in [1.165, 1.54) is 0 Å². The molecule has 1 aliphatic rings. The van der Waals surface area contributed by atoms with Crippen LogP contribution in [0.4, 0.5) is 0 Å². The molecular formula is C13H16O3S. The van der Waals surface area contributed by atoms with Crippen LogP contribution in [0, 0.1) is 0 Å². The van der Waals surface area contributed by atoms with E-state index in [9.17, 15) is 13.2 Å². The molecule has 2 rings (SSSR count). The summed E-state index contributed by atoms with van der Waals surface area (Å²) in [5, 5.41) is -0.441. The van der Waals surface area contributed by atoms with Crippen LogP contribution in [-0.4, -0.2) is 20.0 Å². The summed E-state index contributed by atoms with van der Waals surface area (Å²) >= 11 is 0. The average molecular weight is 252 g/mol. The molecule has 0 aromatic heterocycles.